The lowest BCUT2D eigenvalue weighted by Gasteiger charge is -2.19. The molecule has 0 unspecified atom stereocenters. The Hall–Kier alpha value is -3.75. The summed E-state index contributed by atoms with van der Waals surface area (Å²) in [5.41, 5.74) is 0.669. The Bertz CT molecular complexity index is 1140. The average molecular weight is 394 g/mol. The molecule has 1 aliphatic rings. The number of rotatable bonds is 5. The van der Waals surface area contributed by atoms with E-state index in [1.165, 1.54) is 12.0 Å². The first-order chi connectivity index (χ1) is 14.1. The lowest BCUT2D eigenvalue weighted by atomic mass is 10.1. The zero-order chi connectivity index (χ0) is 20.4. The highest BCUT2D eigenvalue weighted by atomic mass is 16.5. The van der Waals surface area contributed by atoms with Crippen LogP contribution in [0.15, 0.2) is 53.3 Å². The third-order valence-corrected chi connectivity index (χ3v) is 4.79. The average Bonchev–Trinajstić information content (AvgIpc) is 3.14. The molecule has 2 heterocycles. The van der Waals surface area contributed by atoms with Crippen molar-refractivity contribution >= 4 is 28.5 Å². The molecular weight excluding hydrogens is 376 g/mol. The van der Waals surface area contributed by atoms with E-state index in [4.69, 9.17) is 9.47 Å². The van der Waals surface area contributed by atoms with E-state index < -0.39 is 17.4 Å². The van der Waals surface area contributed by atoms with Gasteiger partial charge in [0, 0.05) is 13.0 Å². The Labute approximate surface area is 165 Å². The highest BCUT2D eigenvalue weighted by Gasteiger charge is 2.37. The number of carbonyl (C=O) groups excluding carboxylic acids is 2. The predicted octanol–water partition coefficient (Wildman–Crippen LogP) is 1.35. The number of hydrogen-bond acceptors (Lipinski definition) is 7. The van der Waals surface area contributed by atoms with Crippen molar-refractivity contribution in [1.82, 2.24) is 15.0 Å². The number of benzene rings is 2. The van der Waals surface area contributed by atoms with E-state index in [0.717, 1.165) is 4.68 Å². The minimum Gasteiger partial charge on any atom is -0.495 e. The summed E-state index contributed by atoms with van der Waals surface area (Å²) < 4.78 is 11.5. The van der Waals surface area contributed by atoms with Gasteiger partial charge in [0.2, 0.25) is 5.91 Å². The second-order valence-electron chi connectivity index (χ2n) is 6.58. The van der Waals surface area contributed by atoms with Crippen LogP contribution in [0, 0.1) is 5.92 Å². The van der Waals surface area contributed by atoms with E-state index in [1.807, 2.05) is 0 Å². The van der Waals surface area contributed by atoms with Gasteiger partial charge in [-0.25, -0.2) is 0 Å². The molecule has 0 spiro atoms. The van der Waals surface area contributed by atoms with Crippen LogP contribution in [0.25, 0.3) is 10.9 Å². The summed E-state index contributed by atoms with van der Waals surface area (Å²) in [6.07, 6.45) is 0.0230. The van der Waals surface area contributed by atoms with E-state index >= 15 is 0 Å². The third kappa shape index (κ3) is 3.54. The topological polar surface area (TPSA) is 104 Å². The maximum atomic E-state index is 12.5. The fraction of sp³-hybridized carbons (Fsp3) is 0.250. The number of para-hydroxylation sites is 2. The van der Waals surface area contributed by atoms with Crippen LogP contribution in [0.5, 0.6) is 5.75 Å². The molecule has 0 radical (unpaired) electrons. The predicted molar refractivity (Wildman–Crippen MR) is 103 cm³/mol. The minimum atomic E-state index is -0.642. The van der Waals surface area contributed by atoms with Crippen molar-refractivity contribution < 1.29 is 19.1 Å². The minimum absolute atomic E-state index is 0.0230. The van der Waals surface area contributed by atoms with Gasteiger partial charge in [-0.15, -0.1) is 5.10 Å². The molecule has 1 amide bonds. The number of anilines is 1. The van der Waals surface area contributed by atoms with Gasteiger partial charge in [-0.2, -0.15) is 4.68 Å². The number of ether oxygens (including phenoxy) is 2. The van der Waals surface area contributed by atoms with Gasteiger partial charge in [-0.3, -0.25) is 14.4 Å². The monoisotopic (exact) mass is 394 g/mol. The van der Waals surface area contributed by atoms with Gasteiger partial charge in [0.05, 0.1) is 24.1 Å². The summed E-state index contributed by atoms with van der Waals surface area (Å²) in [4.78, 5) is 38.8. The normalized spacial score (nSPS) is 16.2. The number of hydrogen-bond donors (Lipinski definition) is 0. The van der Waals surface area contributed by atoms with E-state index in [2.05, 4.69) is 10.3 Å². The molecule has 1 fully saturated rings. The molecule has 3 aromatic rings. The number of nitrogens with zero attached hydrogens (tertiary/aromatic N) is 4. The van der Waals surface area contributed by atoms with Crippen LogP contribution in [0.1, 0.15) is 6.42 Å². The zero-order valence-corrected chi connectivity index (χ0v) is 15.6. The Morgan fingerprint density at radius 2 is 1.90 bits per heavy atom. The molecule has 0 bridgehead atoms. The van der Waals surface area contributed by atoms with Gasteiger partial charge < -0.3 is 14.4 Å². The number of carbonyl (C=O) groups is 2. The van der Waals surface area contributed by atoms with Crippen molar-refractivity contribution in [3.05, 3.63) is 58.9 Å². The lowest BCUT2D eigenvalue weighted by molar-refractivity contribution is -0.152. The van der Waals surface area contributed by atoms with Crippen molar-refractivity contribution in [1.29, 1.82) is 0 Å². The SMILES string of the molecule is COc1ccccc1N1C[C@H](C(=O)OCn2nnc3ccccc3c2=O)CC1=O. The molecule has 29 heavy (non-hydrogen) atoms. The maximum absolute atomic E-state index is 12.5. The molecular formula is C20H18N4O5. The van der Waals surface area contributed by atoms with Gasteiger partial charge in [0.15, 0.2) is 6.73 Å². The molecule has 1 aromatic heterocycles. The molecule has 0 N–H and O–H groups in total. The van der Waals surface area contributed by atoms with Gasteiger partial charge in [-0.1, -0.05) is 29.5 Å². The van der Waals surface area contributed by atoms with Crippen LogP contribution in [-0.4, -0.2) is 40.5 Å². The quantitative estimate of drug-likeness (QED) is 0.602. The number of esters is 1. The summed E-state index contributed by atoms with van der Waals surface area (Å²) in [7, 11) is 1.52. The second kappa shape index (κ2) is 7.70. The number of fused-ring (bicyclic) bond motifs is 1. The Balaban J connectivity index is 1.45. The first-order valence-corrected chi connectivity index (χ1v) is 9.01. The number of amides is 1. The fourth-order valence-electron chi connectivity index (χ4n) is 3.30. The number of methoxy groups -OCH3 is 1. The van der Waals surface area contributed by atoms with Crippen LogP contribution >= 0.6 is 0 Å². The molecule has 0 saturated carbocycles. The summed E-state index contributed by atoms with van der Waals surface area (Å²) in [5, 5.41) is 8.12. The van der Waals surface area contributed by atoms with Gasteiger partial charge in [0.25, 0.3) is 5.56 Å². The van der Waals surface area contributed by atoms with Crippen LogP contribution in [0.4, 0.5) is 5.69 Å². The third-order valence-electron chi connectivity index (χ3n) is 4.79. The maximum Gasteiger partial charge on any atom is 0.313 e. The van der Waals surface area contributed by atoms with Crippen LogP contribution in [-0.2, 0) is 21.1 Å². The molecule has 2 aromatic carbocycles. The highest BCUT2D eigenvalue weighted by Crippen LogP contribution is 2.33. The summed E-state index contributed by atoms with van der Waals surface area (Å²) in [5.74, 6) is -0.860. The standard InChI is InChI=1S/C20H18N4O5/c1-28-17-9-5-4-8-16(17)23-11-13(10-18(23)25)20(27)29-12-24-19(26)14-6-2-3-7-15(14)21-22-24/h2-9,13H,10-12H2,1H3/t13-/m1/s1. The summed E-state index contributed by atoms with van der Waals surface area (Å²) in [6, 6.07) is 13.9. The summed E-state index contributed by atoms with van der Waals surface area (Å²) >= 11 is 0. The van der Waals surface area contributed by atoms with Crippen molar-refractivity contribution in [2.45, 2.75) is 13.2 Å². The van der Waals surface area contributed by atoms with Crippen molar-refractivity contribution in [2.75, 3.05) is 18.6 Å². The molecule has 148 valence electrons. The molecule has 1 saturated heterocycles. The smallest absolute Gasteiger partial charge is 0.313 e. The van der Waals surface area contributed by atoms with Crippen molar-refractivity contribution in [2.24, 2.45) is 5.92 Å². The Morgan fingerprint density at radius 3 is 2.72 bits per heavy atom. The van der Waals surface area contributed by atoms with Gasteiger partial charge in [0.1, 0.15) is 11.3 Å². The Kier molecular flexibility index (Phi) is 4.94. The van der Waals surface area contributed by atoms with Crippen molar-refractivity contribution in [3.63, 3.8) is 0 Å². The van der Waals surface area contributed by atoms with Crippen LogP contribution < -0.4 is 15.2 Å². The molecule has 1 aliphatic heterocycles. The largest absolute Gasteiger partial charge is 0.495 e. The zero-order valence-electron chi connectivity index (χ0n) is 15.6. The van der Waals surface area contributed by atoms with Gasteiger partial charge >= 0.3 is 5.97 Å². The summed E-state index contributed by atoms with van der Waals surface area (Å²) in [6.45, 7) is -0.189. The Morgan fingerprint density at radius 1 is 1.14 bits per heavy atom. The molecule has 9 nitrogen and oxygen atoms in total. The molecule has 0 aliphatic carbocycles. The molecule has 4 rings (SSSR count). The fourth-order valence-corrected chi connectivity index (χ4v) is 3.30. The van der Waals surface area contributed by atoms with E-state index in [-0.39, 0.29) is 25.6 Å². The second-order valence-corrected chi connectivity index (χ2v) is 6.58. The first-order valence-electron chi connectivity index (χ1n) is 9.01. The van der Waals surface area contributed by atoms with Crippen LogP contribution in [0.2, 0.25) is 0 Å². The lowest BCUT2D eigenvalue weighted by Crippen LogP contribution is -2.29. The van der Waals surface area contributed by atoms with Crippen molar-refractivity contribution in [3.8, 4) is 5.75 Å². The van der Waals surface area contributed by atoms with Crippen LogP contribution in [0.3, 0.4) is 0 Å². The van der Waals surface area contributed by atoms with E-state index in [9.17, 15) is 14.4 Å². The molecule has 9 heteroatoms. The molecule has 1 atom stereocenters. The number of aromatic nitrogens is 3. The van der Waals surface area contributed by atoms with E-state index in [0.29, 0.717) is 22.3 Å². The van der Waals surface area contributed by atoms with E-state index in [1.54, 1.807) is 48.5 Å². The first kappa shape index (κ1) is 18.6. The van der Waals surface area contributed by atoms with Gasteiger partial charge in [-0.05, 0) is 24.3 Å². The highest BCUT2D eigenvalue weighted by molar-refractivity contribution is 6.00.